The highest BCUT2D eigenvalue weighted by Gasteiger charge is 2.24. The Bertz CT molecular complexity index is 592. The van der Waals surface area contributed by atoms with Crippen LogP contribution in [0.15, 0.2) is 24.3 Å². The largest absolute Gasteiger partial charge is 0.481 e. The number of aliphatic carboxylic acids is 1. The molecule has 1 N–H and O–H groups in total. The van der Waals surface area contributed by atoms with Gasteiger partial charge in [0.2, 0.25) is 5.91 Å². The standard InChI is InChI=1S/C17H22N2O4/c1-13-4-2-5-14(12-13)17(23)19-10-8-18(9-11-19)15(20)6-3-7-16(21)22/h2,4-5,12H,3,6-11H2,1H3,(H,21,22). The number of carbonyl (C=O) groups excluding carboxylic acids is 2. The molecule has 124 valence electrons. The molecule has 0 saturated carbocycles. The first-order valence-corrected chi connectivity index (χ1v) is 7.83. The van der Waals surface area contributed by atoms with E-state index in [0.29, 0.717) is 38.2 Å². The van der Waals surface area contributed by atoms with E-state index in [4.69, 9.17) is 5.11 Å². The van der Waals surface area contributed by atoms with E-state index in [9.17, 15) is 14.4 Å². The summed E-state index contributed by atoms with van der Waals surface area (Å²) in [5.74, 6) is -0.924. The lowest BCUT2D eigenvalue weighted by molar-refractivity contribution is -0.137. The van der Waals surface area contributed by atoms with Crippen molar-refractivity contribution < 1.29 is 19.5 Å². The normalized spacial score (nSPS) is 14.7. The zero-order chi connectivity index (χ0) is 16.8. The summed E-state index contributed by atoms with van der Waals surface area (Å²) in [6.45, 7) is 3.98. The van der Waals surface area contributed by atoms with E-state index in [1.54, 1.807) is 15.9 Å². The first-order valence-electron chi connectivity index (χ1n) is 7.83. The third kappa shape index (κ3) is 4.81. The summed E-state index contributed by atoms with van der Waals surface area (Å²) in [7, 11) is 0. The van der Waals surface area contributed by atoms with Crippen molar-refractivity contribution in [3.05, 3.63) is 35.4 Å². The van der Waals surface area contributed by atoms with Gasteiger partial charge in [0.15, 0.2) is 0 Å². The summed E-state index contributed by atoms with van der Waals surface area (Å²) < 4.78 is 0. The number of carboxylic acids is 1. The van der Waals surface area contributed by atoms with Gasteiger partial charge in [0, 0.05) is 44.6 Å². The van der Waals surface area contributed by atoms with Crippen LogP contribution in [-0.2, 0) is 9.59 Å². The predicted molar refractivity (Wildman–Crippen MR) is 85.1 cm³/mol. The minimum atomic E-state index is -0.883. The van der Waals surface area contributed by atoms with Gasteiger partial charge in [0.25, 0.3) is 5.91 Å². The molecule has 2 amide bonds. The van der Waals surface area contributed by atoms with E-state index in [2.05, 4.69) is 0 Å². The molecule has 2 rings (SSSR count). The predicted octanol–water partition coefficient (Wildman–Crippen LogP) is 1.53. The van der Waals surface area contributed by atoms with Crippen LogP contribution in [0.25, 0.3) is 0 Å². The lowest BCUT2D eigenvalue weighted by Gasteiger charge is -2.35. The van der Waals surface area contributed by atoms with Gasteiger partial charge < -0.3 is 14.9 Å². The Balaban J connectivity index is 1.82. The Labute approximate surface area is 135 Å². The summed E-state index contributed by atoms with van der Waals surface area (Å²) in [4.78, 5) is 38.4. The molecule has 6 nitrogen and oxygen atoms in total. The fourth-order valence-electron chi connectivity index (χ4n) is 2.67. The number of aryl methyl sites for hydroxylation is 1. The topological polar surface area (TPSA) is 77.9 Å². The molecule has 1 aliphatic heterocycles. The summed E-state index contributed by atoms with van der Waals surface area (Å²) >= 11 is 0. The zero-order valence-electron chi connectivity index (χ0n) is 13.3. The van der Waals surface area contributed by atoms with Crippen LogP contribution in [0.3, 0.4) is 0 Å². The quantitative estimate of drug-likeness (QED) is 0.893. The number of hydrogen-bond acceptors (Lipinski definition) is 3. The van der Waals surface area contributed by atoms with Gasteiger partial charge in [-0.25, -0.2) is 0 Å². The van der Waals surface area contributed by atoms with Crippen molar-refractivity contribution in [1.82, 2.24) is 9.80 Å². The van der Waals surface area contributed by atoms with E-state index in [0.717, 1.165) is 5.56 Å². The van der Waals surface area contributed by atoms with Crippen molar-refractivity contribution >= 4 is 17.8 Å². The van der Waals surface area contributed by atoms with E-state index < -0.39 is 5.97 Å². The summed E-state index contributed by atoms with van der Waals surface area (Å²) in [6.07, 6.45) is 0.617. The van der Waals surface area contributed by atoms with Gasteiger partial charge in [-0.1, -0.05) is 17.7 Å². The monoisotopic (exact) mass is 318 g/mol. The number of piperazine rings is 1. The number of carboxylic acid groups (broad SMARTS) is 1. The second-order valence-electron chi connectivity index (χ2n) is 5.79. The summed E-state index contributed by atoms with van der Waals surface area (Å²) in [5, 5.41) is 8.59. The molecule has 0 radical (unpaired) electrons. The third-order valence-corrected chi connectivity index (χ3v) is 3.97. The molecule has 0 unspecified atom stereocenters. The molecule has 1 aromatic carbocycles. The van der Waals surface area contributed by atoms with Crippen LogP contribution in [0.5, 0.6) is 0 Å². The SMILES string of the molecule is Cc1cccc(C(=O)N2CCN(C(=O)CCCC(=O)O)CC2)c1. The lowest BCUT2D eigenvalue weighted by Crippen LogP contribution is -2.50. The number of amides is 2. The van der Waals surface area contributed by atoms with E-state index in [1.165, 1.54) is 0 Å². The molecule has 1 fully saturated rings. The number of nitrogens with zero attached hydrogens (tertiary/aromatic N) is 2. The third-order valence-electron chi connectivity index (χ3n) is 3.97. The maximum atomic E-state index is 12.4. The number of hydrogen-bond donors (Lipinski definition) is 1. The van der Waals surface area contributed by atoms with Crippen LogP contribution in [0.2, 0.25) is 0 Å². The first-order chi connectivity index (χ1) is 11.0. The average molecular weight is 318 g/mol. The highest BCUT2D eigenvalue weighted by atomic mass is 16.4. The van der Waals surface area contributed by atoms with Crippen molar-refractivity contribution in [3.8, 4) is 0 Å². The van der Waals surface area contributed by atoms with Crippen molar-refractivity contribution in [2.24, 2.45) is 0 Å². The van der Waals surface area contributed by atoms with Gasteiger partial charge >= 0.3 is 5.97 Å². The Morgan fingerprint density at radius 2 is 1.70 bits per heavy atom. The molecule has 1 heterocycles. The second kappa shape index (κ2) is 7.76. The lowest BCUT2D eigenvalue weighted by atomic mass is 10.1. The average Bonchev–Trinajstić information content (AvgIpc) is 2.54. The number of carbonyl (C=O) groups is 3. The van der Waals surface area contributed by atoms with Crippen LogP contribution >= 0.6 is 0 Å². The molecule has 0 bridgehead atoms. The summed E-state index contributed by atoms with van der Waals surface area (Å²) in [6, 6.07) is 7.49. The highest BCUT2D eigenvalue weighted by Crippen LogP contribution is 2.12. The molecule has 1 saturated heterocycles. The zero-order valence-corrected chi connectivity index (χ0v) is 13.3. The molecule has 0 aliphatic carbocycles. The molecule has 0 aromatic heterocycles. The van der Waals surface area contributed by atoms with E-state index >= 15 is 0 Å². The minimum absolute atomic E-state index is 0.00771. The smallest absolute Gasteiger partial charge is 0.303 e. The molecule has 1 aliphatic rings. The van der Waals surface area contributed by atoms with Gasteiger partial charge in [-0.3, -0.25) is 14.4 Å². The van der Waals surface area contributed by atoms with Crippen LogP contribution < -0.4 is 0 Å². The molecular weight excluding hydrogens is 296 g/mol. The molecular formula is C17H22N2O4. The van der Waals surface area contributed by atoms with Crippen LogP contribution in [-0.4, -0.2) is 58.9 Å². The van der Waals surface area contributed by atoms with Crippen molar-refractivity contribution in [3.63, 3.8) is 0 Å². The van der Waals surface area contributed by atoms with Crippen LogP contribution in [0.4, 0.5) is 0 Å². The Kier molecular flexibility index (Phi) is 5.73. The fraction of sp³-hybridized carbons (Fsp3) is 0.471. The molecule has 0 spiro atoms. The van der Waals surface area contributed by atoms with Gasteiger partial charge in [0.05, 0.1) is 0 Å². The Morgan fingerprint density at radius 3 is 2.30 bits per heavy atom. The number of benzene rings is 1. The van der Waals surface area contributed by atoms with Gasteiger partial charge in [0.1, 0.15) is 0 Å². The van der Waals surface area contributed by atoms with Crippen molar-refractivity contribution in [2.45, 2.75) is 26.2 Å². The summed E-state index contributed by atoms with van der Waals surface area (Å²) in [5.41, 5.74) is 1.72. The van der Waals surface area contributed by atoms with E-state index in [1.807, 2.05) is 25.1 Å². The maximum absolute atomic E-state index is 12.4. The van der Waals surface area contributed by atoms with Crippen LogP contribution in [0.1, 0.15) is 35.2 Å². The Morgan fingerprint density at radius 1 is 1.04 bits per heavy atom. The van der Waals surface area contributed by atoms with Crippen molar-refractivity contribution in [2.75, 3.05) is 26.2 Å². The molecule has 23 heavy (non-hydrogen) atoms. The van der Waals surface area contributed by atoms with Gasteiger partial charge in [-0.15, -0.1) is 0 Å². The van der Waals surface area contributed by atoms with Crippen LogP contribution in [0, 0.1) is 6.92 Å². The van der Waals surface area contributed by atoms with Gasteiger partial charge in [-0.2, -0.15) is 0 Å². The Hall–Kier alpha value is -2.37. The first kappa shape index (κ1) is 17.0. The second-order valence-corrected chi connectivity index (χ2v) is 5.79. The highest BCUT2D eigenvalue weighted by molar-refractivity contribution is 5.94. The number of rotatable bonds is 5. The fourth-order valence-corrected chi connectivity index (χ4v) is 2.67. The van der Waals surface area contributed by atoms with Crippen molar-refractivity contribution in [1.29, 1.82) is 0 Å². The molecule has 6 heteroatoms. The minimum Gasteiger partial charge on any atom is -0.481 e. The van der Waals surface area contributed by atoms with E-state index in [-0.39, 0.29) is 24.7 Å². The molecule has 1 aromatic rings. The van der Waals surface area contributed by atoms with Gasteiger partial charge in [-0.05, 0) is 25.5 Å². The molecule has 0 atom stereocenters. The maximum Gasteiger partial charge on any atom is 0.303 e.